The molecule has 2 aromatic rings. The number of hydrogen-bond donors (Lipinski definition) is 1. The Hall–Kier alpha value is -1.69. The zero-order valence-corrected chi connectivity index (χ0v) is 13.4. The molecule has 0 aliphatic carbocycles. The normalized spacial score (nSPS) is 15.6. The van der Waals surface area contributed by atoms with E-state index in [-0.39, 0.29) is 0 Å². The summed E-state index contributed by atoms with van der Waals surface area (Å²) in [5.41, 5.74) is 0.944. The highest BCUT2D eigenvalue weighted by Crippen LogP contribution is 2.20. The number of nitrogens with zero attached hydrogens (tertiary/aromatic N) is 4. The fraction of sp³-hybridized carbons (Fsp3) is 0.400. The number of rotatable bonds is 3. The van der Waals surface area contributed by atoms with Gasteiger partial charge in [-0.1, -0.05) is 34.8 Å². The maximum absolute atomic E-state index is 4.59. The average molecular weight is 348 g/mol. The Morgan fingerprint density at radius 2 is 1.90 bits per heavy atom. The molecule has 0 bridgehead atoms. The summed E-state index contributed by atoms with van der Waals surface area (Å²) in [5.74, 6) is 1.44. The molecule has 5 nitrogen and oxygen atoms in total. The van der Waals surface area contributed by atoms with Crippen molar-refractivity contribution in [3.05, 3.63) is 34.9 Å². The van der Waals surface area contributed by atoms with Crippen molar-refractivity contribution < 1.29 is 0 Å². The van der Waals surface area contributed by atoms with Crippen molar-refractivity contribution >= 4 is 33.4 Å². The zero-order chi connectivity index (χ0) is 14.5. The van der Waals surface area contributed by atoms with Gasteiger partial charge in [0.1, 0.15) is 0 Å². The van der Waals surface area contributed by atoms with Crippen LogP contribution in [0, 0.1) is 0 Å². The van der Waals surface area contributed by atoms with Crippen LogP contribution < -0.4 is 10.2 Å². The molecule has 6 heteroatoms. The Morgan fingerprint density at radius 3 is 2.67 bits per heavy atom. The van der Waals surface area contributed by atoms with Gasteiger partial charge in [0, 0.05) is 23.2 Å². The lowest BCUT2D eigenvalue weighted by atomic mass is 10.2. The molecule has 0 radical (unpaired) electrons. The summed E-state index contributed by atoms with van der Waals surface area (Å²) in [4.78, 5) is 6.89. The molecular formula is C15H18BrN5. The van der Waals surface area contributed by atoms with Gasteiger partial charge in [0.2, 0.25) is 5.95 Å². The van der Waals surface area contributed by atoms with Gasteiger partial charge in [-0.05, 0) is 31.0 Å². The van der Waals surface area contributed by atoms with Crippen molar-refractivity contribution in [3.63, 3.8) is 0 Å². The topological polar surface area (TPSA) is 53.9 Å². The van der Waals surface area contributed by atoms with E-state index in [0.29, 0.717) is 5.95 Å². The molecule has 1 aromatic carbocycles. The maximum atomic E-state index is 4.59. The Morgan fingerprint density at radius 1 is 1.10 bits per heavy atom. The van der Waals surface area contributed by atoms with Gasteiger partial charge in [0.15, 0.2) is 5.82 Å². The second-order valence-electron chi connectivity index (χ2n) is 5.17. The number of benzene rings is 1. The van der Waals surface area contributed by atoms with Crippen molar-refractivity contribution in [2.45, 2.75) is 25.7 Å². The summed E-state index contributed by atoms with van der Waals surface area (Å²) in [6, 6.07) is 7.92. The first kappa shape index (κ1) is 14.3. The van der Waals surface area contributed by atoms with E-state index in [0.717, 1.165) is 29.1 Å². The second-order valence-corrected chi connectivity index (χ2v) is 6.09. The van der Waals surface area contributed by atoms with Crippen molar-refractivity contribution in [1.82, 2.24) is 15.2 Å². The number of anilines is 3. The van der Waals surface area contributed by atoms with E-state index in [2.05, 4.69) is 41.3 Å². The molecule has 21 heavy (non-hydrogen) atoms. The lowest BCUT2D eigenvalue weighted by Gasteiger charge is -2.20. The van der Waals surface area contributed by atoms with E-state index < -0.39 is 0 Å². The standard InChI is InChI=1S/C15H18BrN5/c16-12-6-5-7-13(10-12)18-15-19-14(11-17-20-15)21-8-3-1-2-4-9-21/h5-7,10-11H,1-4,8-9H2,(H,18,19,20). The molecule has 2 heterocycles. The molecule has 3 rings (SSSR count). The first-order valence-electron chi connectivity index (χ1n) is 7.28. The monoisotopic (exact) mass is 347 g/mol. The van der Waals surface area contributed by atoms with Crippen LogP contribution in [0.2, 0.25) is 0 Å². The van der Waals surface area contributed by atoms with Crippen LogP contribution in [0.25, 0.3) is 0 Å². The minimum Gasteiger partial charge on any atom is -0.355 e. The van der Waals surface area contributed by atoms with Crippen LogP contribution in [0.4, 0.5) is 17.5 Å². The van der Waals surface area contributed by atoms with E-state index in [1.165, 1.54) is 25.7 Å². The van der Waals surface area contributed by atoms with Crippen LogP contribution in [0.5, 0.6) is 0 Å². The Labute approximate surface area is 132 Å². The van der Waals surface area contributed by atoms with Crippen molar-refractivity contribution in [3.8, 4) is 0 Å². The first-order chi connectivity index (χ1) is 10.3. The molecule has 0 saturated carbocycles. The molecule has 0 unspecified atom stereocenters. The van der Waals surface area contributed by atoms with Crippen LogP contribution in [0.1, 0.15) is 25.7 Å². The van der Waals surface area contributed by atoms with Crippen molar-refractivity contribution in [2.24, 2.45) is 0 Å². The van der Waals surface area contributed by atoms with E-state index in [1.807, 2.05) is 24.3 Å². The molecule has 0 amide bonds. The predicted molar refractivity (Wildman–Crippen MR) is 87.9 cm³/mol. The SMILES string of the molecule is Brc1cccc(Nc2nncc(N3CCCCCC3)n2)c1. The fourth-order valence-corrected chi connectivity index (χ4v) is 2.89. The Kier molecular flexibility index (Phi) is 4.65. The fourth-order valence-electron chi connectivity index (χ4n) is 2.50. The van der Waals surface area contributed by atoms with Crippen LogP contribution in [-0.4, -0.2) is 28.3 Å². The molecule has 0 spiro atoms. The molecule has 1 saturated heterocycles. The van der Waals surface area contributed by atoms with Gasteiger partial charge < -0.3 is 10.2 Å². The first-order valence-corrected chi connectivity index (χ1v) is 8.08. The Bertz CT molecular complexity index is 596. The smallest absolute Gasteiger partial charge is 0.249 e. The van der Waals surface area contributed by atoms with Gasteiger partial charge in [-0.3, -0.25) is 0 Å². The summed E-state index contributed by atoms with van der Waals surface area (Å²) < 4.78 is 1.02. The van der Waals surface area contributed by atoms with Gasteiger partial charge in [-0.25, -0.2) is 0 Å². The minimum absolute atomic E-state index is 0.537. The maximum Gasteiger partial charge on any atom is 0.249 e. The van der Waals surface area contributed by atoms with E-state index in [1.54, 1.807) is 6.20 Å². The molecule has 1 aromatic heterocycles. The minimum atomic E-state index is 0.537. The number of hydrogen-bond acceptors (Lipinski definition) is 5. The van der Waals surface area contributed by atoms with Crippen molar-refractivity contribution in [2.75, 3.05) is 23.3 Å². The van der Waals surface area contributed by atoms with E-state index in [4.69, 9.17) is 0 Å². The lowest BCUT2D eigenvalue weighted by Crippen LogP contribution is -2.25. The molecule has 110 valence electrons. The summed E-state index contributed by atoms with van der Waals surface area (Å²) >= 11 is 3.46. The quantitative estimate of drug-likeness (QED) is 0.915. The van der Waals surface area contributed by atoms with Crippen LogP contribution in [0.3, 0.4) is 0 Å². The third kappa shape index (κ3) is 3.91. The number of aromatic nitrogens is 3. The van der Waals surface area contributed by atoms with Crippen molar-refractivity contribution in [1.29, 1.82) is 0 Å². The van der Waals surface area contributed by atoms with Crippen LogP contribution in [0.15, 0.2) is 34.9 Å². The number of halogens is 1. The van der Waals surface area contributed by atoms with Gasteiger partial charge in [0.05, 0.1) is 6.20 Å². The van der Waals surface area contributed by atoms with Gasteiger partial charge in [0.25, 0.3) is 0 Å². The molecule has 1 aliphatic heterocycles. The second kappa shape index (κ2) is 6.85. The number of nitrogens with one attached hydrogen (secondary N) is 1. The highest BCUT2D eigenvalue weighted by molar-refractivity contribution is 9.10. The van der Waals surface area contributed by atoms with Crippen LogP contribution in [-0.2, 0) is 0 Å². The summed E-state index contributed by atoms with van der Waals surface area (Å²) in [5, 5.41) is 11.3. The lowest BCUT2D eigenvalue weighted by molar-refractivity contribution is 0.726. The molecular weight excluding hydrogens is 330 g/mol. The van der Waals surface area contributed by atoms with E-state index >= 15 is 0 Å². The predicted octanol–water partition coefficient (Wildman–Crippen LogP) is 3.76. The molecule has 1 aliphatic rings. The average Bonchev–Trinajstić information content (AvgIpc) is 2.77. The van der Waals surface area contributed by atoms with E-state index in [9.17, 15) is 0 Å². The summed E-state index contributed by atoms with van der Waals surface area (Å²) in [6.07, 6.45) is 6.80. The third-order valence-electron chi connectivity index (χ3n) is 3.56. The van der Waals surface area contributed by atoms with Gasteiger partial charge in [-0.15, -0.1) is 5.10 Å². The largest absolute Gasteiger partial charge is 0.355 e. The zero-order valence-electron chi connectivity index (χ0n) is 11.8. The molecule has 0 atom stereocenters. The summed E-state index contributed by atoms with van der Waals surface area (Å²) in [7, 11) is 0. The summed E-state index contributed by atoms with van der Waals surface area (Å²) in [6.45, 7) is 2.10. The highest BCUT2D eigenvalue weighted by Gasteiger charge is 2.12. The molecule has 1 fully saturated rings. The van der Waals surface area contributed by atoms with Gasteiger partial charge >= 0.3 is 0 Å². The third-order valence-corrected chi connectivity index (χ3v) is 4.05. The molecule has 1 N–H and O–H groups in total. The van der Waals surface area contributed by atoms with Crippen LogP contribution >= 0.6 is 15.9 Å². The highest BCUT2D eigenvalue weighted by atomic mass is 79.9. The van der Waals surface area contributed by atoms with Gasteiger partial charge in [-0.2, -0.15) is 10.1 Å². The Balaban J connectivity index is 1.76.